The van der Waals surface area contributed by atoms with E-state index in [-0.39, 0.29) is 5.91 Å². The lowest BCUT2D eigenvalue weighted by molar-refractivity contribution is -0.136. The third-order valence-electron chi connectivity index (χ3n) is 3.70. The average Bonchev–Trinajstić information content (AvgIpc) is 2.86. The summed E-state index contributed by atoms with van der Waals surface area (Å²) in [7, 11) is 5.79. The second kappa shape index (κ2) is 5.81. The summed E-state index contributed by atoms with van der Waals surface area (Å²) < 4.78 is 5.25. The molecule has 1 aromatic carbocycles. The highest BCUT2D eigenvalue weighted by Gasteiger charge is 2.40. The predicted molar refractivity (Wildman–Crippen MR) is 79.6 cm³/mol. The van der Waals surface area contributed by atoms with Gasteiger partial charge in [-0.15, -0.1) is 0 Å². The summed E-state index contributed by atoms with van der Waals surface area (Å²) in [6, 6.07) is 8.16. The van der Waals surface area contributed by atoms with Crippen molar-refractivity contribution in [3.8, 4) is 0 Å². The molecule has 0 bridgehead atoms. The Labute approximate surface area is 120 Å². The third-order valence-corrected chi connectivity index (χ3v) is 3.70. The molecule has 20 heavy (non-hydrogen) atoms. The molecule has 1 aromatic rings. The maximum Gasteiger partial charge on any atom is 0.245 e. The number of carbonyl (C=O) groups is 1. The highest BCUT2D eigenvalue weighted by Crippen LogP contribution is 2.19. The van der Waals surface area contributed by atoms with Crippen LogP contribution in [0, 0.1) is 0 Å². The summed E-state index contributed by atoms with van der Waals surface area (Å²) in [5.74, 6) is -0.0494. The van der Waals surface area contributed by atoms with Gasteiger partial charge in [0.2, 0.25) is 5.91 Å². The normalized spacial score (nSPS) is 21.8. The third kappa shape index (κ3) is 3.11. The first-order valence-corrected chi connectivity index (χ1v) is 6.81. The van der Waals surface area contributed by atoms with E-state index < -0.39 is 5.54 Å². The molecule has 1 saturated heterocycles. The molecule has 2 rings (SSSR count). The van der Waals surface area contributed by atoms with Crippen LogP contribution in [0.1, 0.15) is 12.0 Å². The number of rotatable bonds is 4. The lowest BCUT2D eigenvalue weighted by atomic mass is 9.98. The first kappa shape index (κ1) is 14.8. The Kier molecular flexibility index (Phi) is 4.30. The van der Waals surface area contributed by atoms with Crippen LogP contribution in [0.3, 0.4) is 0 Å². The molecule has 5 nitrogen and oxygen atoms in total. The zero-order valence-corrected chi connectivity index (χ0v) is 12.4. The van der Waals surface area contributed by atoms with Crippen molar-refractivity contribution in [3.05, 3.63) is 29.8 Å². The summed E-state index contributed by atoms with van der Waals surface area (Å²) in [5, 5.41) is 0. The van der Waals surface area contributed by atoms with Gasteiger partial charge in [-0.3, -0.25) is 4.79 Å². The summed E-state index contributed by atoms with van der Waals surface area (Å²) in [6.07, 6.45) is 0.593. The van der Waals surface area contributed by atoms with Crippen molar-refractivity contribution < 1.29 is 9.53 Å². The van der Waals surface area contributed by atoms with E-state index >= 15 is 0 Å². The Bertz CT molecular complexity index is 465. The molecule has 1 fully saturated rings. The minimum atomic E-state index is -0.849. The van der Waals surface area contributed by atoms with E-state index in [9.17, 15) is 4.79 Å². The Hall–Kier alpha value is -1.59. The van der Waals surface area contributed by atoms with E-state index in [1.165, 1.54) is 0 Å². The van der Waals surface area contributed by atoms with Crippen LogP contribution in [-0.2, 0) is 16.1 Å². The van der Waals surface area contributed by atoms with Crippen LogP contribution < -0.4 is 10.6 Å². The molecule has 1 unspecified atom stereocenters. The monoisotopic (exact) mass is 277 g/mol. The molecule has 0 saturated carbocycles. The van der Waals surface area contributed by atoms with Crippen LogP contribution in [0.25, 0.3) is 0 Å². The Balaban J connectivity index is 2.00. The Morgan fingerprint density at radius 2 is 1.95 bits per heavy atom. The number of amides is 1. The van der Waals surface area contributed by atoms with Crippen molar-refractivity contribution in [3.63, 3.8) is 0 Å². The predicted octanol–water partition coefficient (Wildman–Crippen LogP) is 0.829. The van der Waals surface area contributed by atoms with Gasteiger partial charge >= 0.3 is 0 Å². The Morgan fingerprint density at radius 3 is 2.45 bits per heavy atom. The molecule has 0 aliphatic carbocycles. The second-order valence-electron chi connectivity index (χ2n) is 5.68. The smallest absolute Gasteiger partial charge is 0.245 e. The van der Waals surface area contributed by atoms with Gasteiger partial charge in [0, 0.05) is 40.0 Å². The number of hydrogen-bond donors (Lipinski definition) is 1. The number of benzene rings is 1. The second-order valence-corrected chi connectivity index (χ2v) is 5.68. The zero-order valence-electron chi connectivity index (χ0n) is 12.4. The van der Waals surface area contributed by atoms with E-state index in [0.717, 1.165) is 11.3 Å². The van der Waals surface area contributed by atoms with E-state index in [1.807, 2.05) is 43.3 Å². The average molecular weight is 277 g/mol. The SMILES string of the molecule is CN(Cc1ccc(N(C)C)cc1)C(=O)C1(N)CCOC1. The molecule has 1 aliphatic heterocycles. The van der Waals surface area contributed by atoms with Crippen LogP contribution >= 0.6 is 0 Å². The zero-order chi connectivity index (χ0) is 14.8. The van der Waals surface area contributed by atoms with Crippen LogP contribution in [0.4, 0.5) is 5.69 Å². The number of anilines is 1. The van der Waals surface area contributed by atoms with Crippen LogP contribution in [0.5, 0.6) is 0 Å². The molecule has 1 aliphatic rings. The number of hydrogen-bond acceptors (Lipinski definition) is 4. The summed E-state index contributed by atoms with van der Waals surface area (Å²) in [5.41, 5.74) is 7.48. The molecule has 5 heteroatoms. The van der Waals surface area contributed by atoms with Gasteiger partial charge in [0.1, 0.15) is 5.54 Å². The highest BCUT2D eigenvalue weighted by molar-refractivity contribution is 5.86. The number of carbonyl (C=O) groups excluding carboxylic acids is 1. The molecule has 0 radical (unpaired) electrons. The molecular weight excluding hydrogens is 254 g/mol. The lowest BCUT2D eigenvalue weighted by Crippen LogP contribution is -2.54. The Morgan fingerprint density at radius 1 is 1.30 bits per heavy atom. The quantitative estimate of drug-likeness (QED) is 0.885. The summed E-state index contributed by atoms with van der Waals surface area (Å²) in [4.78, 5) is 16.1. The first-order valence-electron chi connectivity index (χ1n) is 6.81. The largest absolute Gasteiger partial charge is 0.379 e. The van der Waals surface area contributed by atoms with Crippen LogP contribution in [-0.4, -0.2) is 50.7 Å². The molecule has 0 aromatic heterocycles. The minimum Gasteiger partial charge on any atom is -0.379 e. The van der Waals surface area contributed by atoms with Gasteiger partial charge < -0.3 is 20.3 Å². The lowest BCUT2D eigenvalue weighted by Gasteiger charge is -2.27. The van der Waals surface area contributed by atoms with Gasteiger partial charge in [0.15, 0.2) is 0 Å². The summed E-state index contributed by atoms with van der Waals surface area (Å²) in [6.45, 7) is 1.44. The van der Waals surface area contributed by atoms with Gasteiger partial charge in [-0.2, -0.15) is 0 Å². The number of nitrogens with two attached hydrogens (primary N) is 1. The first-order chi connectivity index (χ1) is 9.42. The van der Waals surface area contributed by atoms with E-state index in [0.29, 0.717) is 26.2 Å². The fraction of sp³-hybridized carbons (Fsp3) is 0.533. The van der Waals surface area contributed by atoms with Crippen molar-refractivity contribution in [2.24, 2.45) is 5.73 Å². The molecule has 1 atom stereocenters. The van der Waals surface area contributed by atoms with Gasteiger partial charge in [0.05, 0.1) is 6.61 Å². The van der Waals surface area contributed by atoms with Gasteiger partial charge in [-0.05, 0) is 24.1 Å². The maximum atomic E-state index is 12.4. The molecule has 0 spiro atoms. The maximum absolute atomic E-state index is 12.4. The van der Waals surface area contributed by atoms with Gasteiger partial charge in [0.25, 0.3) is 0 Å². The molecule has 1 heterocycles. The molecule has 110 valence electrons. The number of ether oxygens (including phenoxy) is 1. The van der Waals surface area contributed by atoms with Crippen molar-refractivity contribution in [1.29, 1.82) is 0 Å². The van der Waals surface area contributed by atoms with E-state index in [1.54, 1.807) is 11.9 Å². The van der Waals surface area contributed by atoms with Crippen molar-refractivity contribution >= 4 is 11.6 Å². The molecule has 2 N–H and O–H groups in total. The van der Waals surface area contributed by atoms with Gasteiger partial charge in [-0.1, -0.05) is 12.1 Å². The van der Waals surface area contributed by atoms with Gasteiger partial charge in [-0.25, -0.2) is 0 Å². The minimum absolute atomic E-state index is 0.0494. The fourth-order valence-electron chi connectivity index (χ4n) is 2.37. The van der Waals surface area contributed by atoms with Crippen LogP contribution in [0.2, 0.25) is 0 Å². The number of likely N-dealkylation sites (N-methyl/N-ethyl adjacent to an activating group) is 1. The summed E-state index contributed by atoms with van der Waals surface area (Å²) >= 11 is 0. The topological polar surface area (TPSA) is 58.8 Å². The van der Waals surface area contributed by atoms with Crippen molar-refractivity contribution in [1.82, 2.24) is 4.90 Å². The standard InChI is InChI=1S/C15H23N3O2/c1-17(2)13-6-4-12(5-7-13)10-18(3)14(19)15(16)8-9-20-11-15/h4-7H,8-11,16H2,1-3H3. The van der Waals surface area contributed by atoms with Crippen molar-refractivity contribution in [2.75, 3.05) is 39.3 Å². The molecular formula is C15H23N3O2. The van der Waals surface area contributed by atoms with E-state index in [2.05, 4.69) is 0 Å². The van der Waals surface area contributed by atoms with E-state index in [4.69, 9.17) is 10.5 Å². The fourth-order valence-corrected chi connectivity index (χ4v) is 2.37. The number of nitrogens with zero attached hydrogens (tertiary/aromatic N) is 2. The highest BCUT2D eigenvalue weighted by atomic mass is 16.5. The van der Waals surface area contributed by atoms with Crippen molar-refractivity contribution in [2.45, 2.75) is 18.5 Å². The molecule has 1 amide bonds. The van der Waals surface area contributed by atoms with Crippen LogP contribution in [0.15, 0.2) is 24.3 Å².